The third kappa shape index (κ3) is 4.41. The van der Waals surface area contributed by atoms with Gasteiger partial charge in [0.1, 0.15) is 5.54 Å². The van der Waals surface area contributed by atoms with Crippen LogP contribution in [0.15, 0.2) is 0 Å². The van der Waals surface area contributed by atoms with Crippen LogP contribution in [-0.2, 0) is 9.53 Å². The Morgan fingerprint density at radius 1 is 1.15 bits per heavy atom. The summed E-state index contributed by atoms with van der Waals surface area (Å²) in [6.07, 6.45) is 13.8. The Hall–Kier alpha value is -1.10. The second-order valence-electron chi connectivity index (χ2n) is 9.02. The molecule has 1 amide bonds. The zero-order valence-electron chi connectivity index (χ0n) is 16.7. The molecule has 2 unspecified atom stereocenters. The van der Waals surface area contributed by atoms with Gasteiger partial charge in [0.15, 0.2) is 5.96 Å². The van der Waals surface area contributed by atoms with Crippen molar-refractivity contribution in [3.05, 3.63) is 0 Å². The Balaban J connectivity index is 1.58. The first kappa shape index (κ1) is 19.7. The van der Waals surface area contributed by atoms with Gasteiger partial charge in [-0.05, 0) is 24.2 Å². The van der Waals surface area contributed by atoms with Gasteiger partial charge >= 0.3 is 0 Å². The van der Waals surface area contributed by atoms with Crippen LogP contribution in [0.2, 0.25) is 0 Å². The zero-order chi connectivity index (χ0) is 18.6. The molecule has 3 aliphatic rings. The first-order valence-electron chi connectivity index (χ1n) is 10.7. The van der Waals surface area contributed by atoms with E-state index in [-0.39, 0.29) is 11.9 Å². The van der Waals surface area contributed by atoms with E-state index in [0.29, 0.717) is 18.4 Å². The maximum atomic E-state index is 12.9. The highest BCUT2D eigenvalue weighted by molar-refractivity contribution is 6.07. The molecule has 1 heterocycles. The van der Waals surface area contributed by atoms with E-state index in [9.17, 15) is 4.79 Å². The van der Waals surface area contributed by atoms with Crippen LogP contribution in [0.4, 0.5) is 0 Å². The zero-order valence-corrected chi connectivity index (χ0v) is 16.7. The van der Waals surface area contributed by atoms with Crippen LogP contribution in [0, 0.1) is 23.2 Å². The van der Waals surface area contributed by atoms with Crippen molar-refractivity contribution in [3.8, 4) is 0 Å². The van der Waals surface area contributed by atoms with Crippen molar-refractivity contribution in [2.75, 3.05) is 20.3 Å². The molecular formula is C21H37N3O2. The van der Waals surface area contributed by atoms with E-state index in [0.717, 1.165) is 18.9 Å². The predicted molar refractivity (Wildman–Crippen MR) is 104 cm³/mol. The second kappa shape index (κ2) is 8.73. The molecular weight excluding hydrogens is 326 g/mol. The molecule has 5 nitrogen and oxygen atoms in total. The number of amides is 1. The lowest BCUT2D eigenvalue weighted by molar-refractivity contribution is -0.133. The average Bonchev–Trinajstić information content (AvgIpc) is 2.87. The molecule has 3 fully saturated rings. The minimum absolute atomic E-state index is 0.0124. The van der Waals surface area contributed by atoms with Crippen molar-refractivity contribution in [2.45, 2.75) is 83.1 Å². The van der Waals surface area contributed by atoms with Gasteiger partial charge in [-0.2, -0.15) is 0 Å². The minimum atomic E-state index is -0.722. The summed E-state index contributed by atoms with van der Waals surface area (Å²) in [7, 11) is 1.70. The van der Waals surface area contributed by atoms with Gasteiger partial charge in [0.25, 0.3) is 5.91 Å². The fourth-order valence-electron chi connectivity index (χ4n) is 5.22. The first-order chi connectivity index (χ1) is 12.5. The van der Waals surface area contributed by atoms with Crippen molar-refractivity contribution in [1.82, 2.24) is 10.2 Å². The highest BCUT2D eigenvalue weighted by Crippen LogP contribution is 2.34. The van der Waals surface area contributed by atoms with E-state index in [1.165, 1.54) is 69.1 Å². The number of hydrogen-bond acceptors (Lipinski definition) is 3. The summed E-state index contributed by atoms with van der Waals surface area (Å²) < 4.78 is 6.14. The molecule has 26 heavy (non-hydrogen) atoms. The summed E-state index contributed by atoms with van der Waals surface area (Å²) in [6, 6.07) is 0. The largest absolute Gasteiger partial charge is 0.378 e. The van der Waals surface area contributed by atoms with Gasteiger partial charge in [0.2, 0.25) is 0 Å². The summed E-state index contributed by atoms with van der Waals surface area (Å²) >= 11 is 0. The van der Waals surface area contributed by atoms with Crippen LogP contribution in [0.5, 0.6) is 0 Å². The highest BCUT2D eigenvalue weighted by Gasteiger charge is 2.49. The number of nitrogens with one attached hydrogen (secondary N) is 2. The predicted octanol–water partition coefficient (Wildman–Crippen LogP) is 3.92. The summed E-state index contributed by atoms with van der Waals surface area (Å²) in [4.78, 5) is 14.4. The molecule has 0 aromatic heterocycles. The Kier molecular flexibility index (Phi) is 6.60. The molecule has 1 aliphatic heterocycles. The standard InChI is InChI=1S/C21H37N3O2/c1-16(18-11-7-4-8-12-18)14-26-15-21(13-17-9-5-3-6-10-17)19(25)24(2)20(22)23-21/h16-18H,3-15H2,1-2H3,(H2,22,23). The van der Waals surface area contributed by atoms with E-state index in [2.05, 4.69) is 12.2 Å². The summed E-state index contributed by atoms with van der Waals surface area (Å²) in [5, 5.41) is 11.3. The van der Waals surface area contributed by atoms with Crippen molar-refractivity contribution in [3.63, 3.8) is 0 Å². The number of ether oxygens (including phenoxy) is 1. The van der Waals surface area contributed by atoms with E-state index in [1.807, 2.05) is 0 Å². The SMILES string of the molecule is CC(COCC1(CC2CCCCC2)NC(=N)N(C)C1=O)C1CCCCC1. The Bertz CT molecular complexity index is 497. The van der Waals surface area contributed by atoms with Gasteiger partial charge in [0.05, 0.1) is 6.61 Å². The number of hydrogen-bond donors (Lipinski definition) is 2. The molecule has 0 aromatic rings. The molecule has 5 heteroatoms. The van der Waals surface area contributed by atoms with Gasteiger partial charge < -0.3 is 10.1 Å². The molecule has 3 rings (SSSR count). The van der Waals surface area contributed by atoms with Crippen molar-refractivity contribution in [2.24, 2.45) is 17.8 Å². The summed E-state index contributed by atoms with van der Waals surface area (Å²) in [6.45, 7) is 3.41. The van der Waals surface area contributed by atoms with Gasteiger partial charge in [-0.25, -0.2) is 0 Å². The molecule has 2 aliphatic carbocycles. The molecule has 0 radical (unpaired) electrons. The number of carbonyl (C=O) groups is 1. The fourth-order valence-corrected chi connectivity index (χ4v) is 5.22. The van der Waals surface area contributed by atoms with Crippen LogP contribution >= 0.6 is 0 Å². The molecule has 2 saturated carbocycles. The lowest BCUT2D eigenvalue weighted by Gasteiger charge is -2.33. The second-order valence-corrected chi connectivity index (χ2v) is 9.02. The topological polar surface area (TPSA) is 65.4 Å². The number of likely N-dealkylation sites (N-methyl/N-ethyl adjacent to an activating group) is 1. The van der Waals surface area contributed by atoms with Crippen molar-refractivity contribution >= 4 is 11.9 Å². The van der Waals surface area contributed by atoms with Crippen LogP contribution in [0.25, 0.3) is 0 Å². The fraction of sp³-hybridized carbons (Fsp3) is 0.905. The third-order valence-electron chi connectivity index (χ3n) is 6.95. The van der Waals surface area contributed by atoms with E-state index in [4.69, 9.17) is 10.1 Å². The molecule has 0 bridgehead atoms. The minimum Gasteiger partial charge on any atom is -0.378 e. The number of guanidine groups is 1. The molecule has 148 valence electrons. The molecule has 2 N–H and O–H groups in total. The summed E-state index contributed by atoms with van der Waals surface area (Å²) in [5.41, 5.74) is -0.722. The maximum absolute atomic E-state index is 12.9. The third-order valence-corrected chi connectivity index (χ3v) is 6.95. The van der Waals surface area contributed by atoms with Crippen LogP contribution < -0.4 is 5.32 Å². The Morgan fingerprint density at radius 3 is 2.35 bits per heavy atom. The lowest BCUT2D eigenvalue weighted by atomic mass is 9.79. The highest BCUT2D eigenvalue weighted by atomic mass is 16.5. The van der Waals surface area contributed by atoms with E-state index in [1.54, 1.807) is 7.05 Å². The number of nitrogens with zero attached hydrogens (tertiary/aromatic N) is 1. The molecule has 1 saturated heterocycles. The van der Waals surface area contributed by atoms with Crippen molar-refractivity contribution in [1.29, 1.82) is 5.41 Å². The first-order valence-corrected chi connectivity index (χ1v) is 10.7. The maximum Gasteiger partial charge on any atom is 0.257 e. The smallest absolute Gasteiger partial charge is 0.257 e. The Labute approximate surface area is 158 Å². The van der Waals surface area contributed by atoms with E-state index >= 15 is 0 Å². The van der Waals surface area contributed by atoms with Gasteiger partial charge in [0, 0.05) is 13.7 Å². The number of rotatable bonds is 7. The van der Waals surface area contributed by atoms with E-state index < -0.39 is 5.54 Å². The lowest BCUT2D eigenvalue weighted by Crippen LogP contribution is -2.52. The normalized spacial score (nSPS) is 29.8. The van der Waals surface area contributed by atoms with Crippen LogP contribution in [0.1, 0.15) is 77.6 Å². The van der Waals surface area contributed by atoms with Gasteiger partial charge in [-0.15, -0.1) is 0 Å². The molecule has 2 atom stereocenters. The van der Waals surface area contributed by atoms with Gasteiger partial charge in [-0.3, -0.25) is 15.1 Å². The van der Waals surface area contributed by atoms with Crippen molar-refractivity contribution < 1.29 is 9.53 Å². The van der Waals surface area contributed by atoms with Crippen LogP contribution in [-0.4, -0.2) is 42.6 Å². The summed E-state index contributed by atoms with van der Waals surface area (Å²) in [5.74, 6) is 2.12. The monoisotopic (exact) mass is 363 g/mol. The average molecular weight is 364 g/mol. The molecule has 0 aromatic carbocycles. The number of carbonyl (C=O) groups excluding carboxylic acids is 1. The van der Waals surface area contributed by atoms with Crippen LogP contribution in [0.3, 0.4) is 0 Å². The quantitative estimate of drug-likeness (QED) is 0.720. The molecule has 0 spiro atoms. The van der Waals surface area contributed by atoms with Gasteiger partial charge in [-0.1, -0.05) is 71.1 Å². The Morgan fingerprint density at radius 2 is 1.77 bits per heavy atom.